The summed E-state index contributed by atoms with van der Waals surface area (Å²) >= 11 is 0. The number of hydrogen-bond acceptors (Lipinski definition) is 7. The van der Waals surface area contributed by atoms with Crippen molar-refractivity contribution in [2.24, 2.45) is 5.41 Å². The predicted octanol–water partition coefficient (Wildman–Crippen LogP) is 4.65. The van der Waals surface area contributed by atoms with Gasteiger partial charge in [0.1, 0.15) is 5.58 Å². The summed E-state index contributed by atoms with van der Waals surface area (Å²) in [5, 5.41) is 23.5. The molecule has 2 fully saturated rings. The van der Waals surface area contributed by atoms with Crippen molar-refractivity contribution in [2.75, 3.05) is 36.5 Å². The lowest BCUT2D eigenvalue weighted by atomic mass is 9.72. The van der Waals surface area contributed by atoms with E-state index in [9.17, 15) is 15.0 Å². The van der Waals surface area contributed by atoms with Gasteiger partial charge < -0.3 is 29.6 Å². The predicted molar refractivity (Wildman–Crippen MR) is 137 cm³/mol. The minimum absolute atomic E-state index is 0.0454. The van der Waals surface area contributed by atoms with Crippen LogP contribution in [0.3, 0.4) is 0 Å². The maximum Gasteiger partial charge on any atom is 0.200 e. The van der Waals surface area contributed by atoms with Gasteiger partial charge in [0.05, 0.1) is 11.4 Å². The molecule has 0 radical (unpaired) electrons. The first-order valence-electron chi connectivity index (χ1n) is 12.5. The number of aryl methyl sites for hydroxylation is 1. The van der Waals surface area contributed by atoms with Crippen molar-refractivity contribution in [3.63, 3.8) is 0 Å². The van der Waals surface area contributed by atoms with Crippen LogP contribution in [0.1, 0.15) is 61.6 Å². The molecular weight excluding hydrogens is 444 g/mol. The van der Waals surface area contributed by atoms with Crippen molar-refractivity contribution < 1.29 is 19.4 Å². The van der Waals surface area contributed by atoms with E-state index in [0.717, 1.165) is 63.1 Å². The van der Waals surface area contributed by atoms with Gasteiger partial charge in [-0.05, 0) is 62.6 Å². The fourth-order valence-electron chi connectivity index (χ4n) is 5.57. The number of benzene rings is 2. The molecule has 1 aromatic heterocycles. The zero-order chi connectivity index (χ0) is 24.6. The summed E-state index contributed by atoms with van der Waals surface area (Å²) in [4.78, 5) is 15.4. The minimum atomic E-state index is -1.58. The normalized spacial score (nSPS) is 18.8. The van der Waals surface area contributed by atoms with Crippen LogP contribution in [0.4, 0.5) is 11.6 Å². The van der Waals surface area contributed by atoms with Crippen LogP contribution in [0.2, 0.25) is 0 Å². The smallest absolute Gasteiger partial charge is 0.200 e. The Labute approximate surface area is 205 Å². The molecule has 1 atom stereocenters. The highest BCUT2D eigenvalue weighted by molar-refractivity contribution is 5.82. The fraction of sp³-hybridized carbons (Fsp3) is 0.464. The number of aliphatic hydroxyl groups excluding tert-OH is 1. The van der Waals surface area contributed by atoms with Gasteiger partial charge in [-0.2, -0.15) is 0 Å². The lowest BCUT2D eigenvalue weighted by Gasteiger charge is -2.44. The first-order valence-corrected chi connectivity index (χ1v) is 12.5. The van der Waals surface area contributed by atoms with E-state index >= 15 is 0 Å². The quantitative estimate of drug-likeness (QED) is 0.459. The standard InChI is InChI=1S/C28H34N2O5/c1-18-15-21(19(2)29-23-6-4-3-5-20(23)27(32)33)26-22(16-18)24(31)17-25(35-26)30-11-7-28(8-12-30)9-13-34-14-10-28/h3-6,15-17,19,27,29,32-33H,7-14H2,1-2H3. The topological polar surface area (TPSA) is 95.2 Å². The minimum Gasteiger partial charge on any atom is -0.440 e. The van der Waals surface area contributed by atoms with Crippen LogP contribution in [0, 0.1) is 12.3 Å². The van der Waals surface area contributed by atoms with Gasteiger partial charge in [-0.3, -0.25) is 4.79 Å². The Bertz CT molecular complexity index is 1250. The SMILES string of the molecule is Cc1cc(C(C)Nc2ccccc2C(O)O)c2oc(N3CCC4(CCOCC4)CC3)cc(=O)c2c1. The Morgan fingerprint density at radius 3 is 2.43 bits per heavy atom. The molecule has 1 unspecified atom stereocenters. The highest BCUT2D eigenvalue weighted by Crippen LogP contribution is 2.42. The van der Waals surface area contributed by atoms with Crippen LogP contribution in [0.5, 0.6) is 0 Å². The van der Waals surface area contributed by atoms with Crippen LogP contribution in [0.25, 0.3) is 11.0 Å². The van der Waals surface area contributed by atoms with Crippen LogP contribution in [0.15, 0.2) is 51.7 Å². The van der Waals surface area contributed by atoms with Crippen molar-refractivity contribution in [1.82, 2.24) is 0 Å². The van der Waals surface area contributed by atoms with Gasteiger partial charge in [-0.25, -0.2) is 0 Å². The molecule has 2 aromatic carbocycles. The number of nitrogens with zero attached hydrogens (tertiary/aromatic N) is 1. The Balaban J connectivity index is 1.47. The molecule has 7 heteroatoms. The van der Waals surface area contributed by atoms with Gasteiger partial charge in [0.25, 0.3) is 0 Å². The van der Waals surface area contributed by atoms with E-state index in [1.807, 2.05) is 38.1 Å². The van der Waals surface area contributed by atoms with Gasteiger partial charge in [-0.15, -0.1) is 0 Å². The van der Waals surface area contributed by atoms with Gasteiger partial charge in [0.15, 0.2) is 17.6 Å². The molecule has 186 valence electrons. The molecule has 3 N–H and O–H groups in total. The number of ether oxygens (including phenoxy) is 1. The second-order valence-corrected chi connectivity index (χ2v) is 10.1. The highest BCUT2D eigenvalue weighted by atomic mass is 16.5. The number of para-hydroxylation sites is 1. The number of rotatable bonds is 5. The van der Waals surface area contributed by atoms with Gasteiger partial charge >= 0.3 is 0 Å². The van der Waals surface area contributed by atoms with E-state index in [4.69, 9.17) is 9.15 Å². The third kappa shape index (κ3) is 4.81. The lowest BCUT2D eigenvalue weighted by molar-refractivity contribution is -0.0419. The maximum atomic E-state index is 13.2. The van der Waals surface area contributed by atoms with Crippen LogP contribution < -0.4 is 15.6 Å². The molecule has 0 aliphatic carbocycles. The van der Waals surface area contributed by atoms with E-state index in [0.29, 0.717) is 33.5 Å². The van der Waals surface area contributed by atoms with Crippen molar-refractivity contribution >= 4 is 22.5 Å². The Kier molecular flexibility index (Phi) is 6.57. The summed E-state index contributed by atoms with van der Waals surface area (Å²) in [5.41, 5.74) is 3.74. The molecule has 1 spiro atoms. The third-order valence-electron chi connectivity index (χ3n) is 7.76. The van der Waals surface area contributed by atoms with Crippen molar-refractivity contribution in [1.29, 1.82) is 0 Å². The summed E-state index contributed by atoms with van der Waals surface area (Å²) in [6, 6.07) is 12.4. The lowest BCUT2D eigenvalue weighted by Crippen LogP contribution is -2.43. The van der Waals surface area contributed by atoms with E-state index in [-0.39, 0.29) is 11.5 Å². The van der Waals surface area contributed by atoms with E-state index < -0.39 is 6.29 Å². The second-order valence-electron chi connectivity index (χ2n) is 10.1. The zero-order valence-corrected chi connectivity index (χ0v) is 20.4. The van der Waals surface area contributed by atoms with Crippen molar-refractivity contribution in [3.8, 4) is 0 Å². The zero-order valence-electron chi connectivity index (χ0n) is 20.4. The summed E-state index contributed by atoms with van der Waals surface area (Å²) < 4.78 is 12.0. The number of hydrogen-bond donors (Lipinski definition) is 3. The van der Waals surface area contributed by atoms with E-state index in [2.05, 4.69) is 10.2 Å². The van der Waals surface area contributed by atoms with Crippen molar-refractivity contribution in [3.05, 3.63) is 69.4 Å². The van der Waals surface area contributed by atoms with E-state index in [1.54, 1.807) is 18.2 Å². The van der Waals surface area contributed by atoms with Gasteiger partial charge in [-0.1, -0.05) is 24.3 Å². The first kappa shape index (κ1) is 23.9. The largest absolute Gasteiger partial charge is 0.440 e. The number of piperidine rings is 1. The van der Waals surface area contributed by atoms with Crippen LogP contribution >= 0.6 is 0 Å². The van der Waals surface area contributed by atoms with Gasteiger partial charge in [0, 0.05) is 49.2 Å². The molecule has 7 nitrogen and oxygen atoms in total. The van der Waals surface area contributed by atoms with Gasteiger partial charge in [0.2, 0.25) is 0 Å². The molecular formula is C28H34N2O5. The molecule has 35 heavy (non-hydrogen) atoms. The number of aliphatic hydroxyl groups is 2. The molecule has 3 aromatic rings. The molecule has 2 aliphatic rings. The molecule has 2 saturated heterocycles. The molecule has 0 saturated carbocycles. The summed E-state index contributed by atoms with van der Waals surface area (Å²) in [5.74, 6) is 0.618. The number of anilines is 2. The maximum absolute atomic E-state index is 13.2. The Morgan fingerprint density at radius 1 is 1.00 bits per heavy atom. The highest BCUT2D eigenvalue weighted by Gasteiger charge is 2.36. The number of fused-ring (bicyclic) bond motifs is 1. The molecule has 2 aliphatic heterocycles. The Hall–Kier alpha value is -2.87. The second kappa shape index (κ2) is 9.64. The first-order chi connectivity index (χ1) is 16.8. The molecule has 3 heterocycles. The number of nitrogens with one attached hydrogen (secondary N) is 1. The molecule has 0 bridgehead atoms. The Morgan fingerprint density at radius 2 is 1.71 bits per heavy atom. The van der Waals surface area contributed by atoms with Crippen LogP contribution in [-0.4, -0.2) is 36.5 Å². The average Bonchev–Trinajstić information content (AvgIpc) is 2.85. The van der Waals surface area contributed by atoms with E-state index in [1.165, 1.54) is 0 Å². The monoisotopic (exact) mass is 478 g/mol. The van der Waals surface area contributed by atoms with Crippen molar-refractivity contribution in [2.45, 2.75) is 51.9 Å². The average molecular weight is 479 g/mol. The molecule has 5 rings (SSSR count). The molecule has 0 amide bonds. The summed E-state index contributed by atoms with van der Waals surface area (Å²) in [7, 11) is 0. The third-order valence-corrected chi connectivity index (χ3v) is 7.76. The van der Waals surface area contributed by atoms with Crippen LogP contribution in [-0.2, 0) is 4.74 Å². The summed E-state index contributed by atoms with van der Waals surface area (Å²) in [6.45, 7) is 7.37. The fourth-order valence-corrected chi connectivity index (χ4v) is 5.57. The summed E-state index contributed by atoms with van der Waals surface area (Å²) in [6.07, 6.45) is 2.80.